The maximum absolute atomic E-state index is 10.6. The van der Waals surface area contributed by atoms with Crippen molar-refractivity contribution in [3.63, 3.8) is 0 Å². The Bertz CT molecular complexity index is 585. The van der Waals surface area contributed by atoms with Gasteiger partial charge in [0.1, 0.15) is 0 Å². The number of carbonyl (C=O) groups is 1. The van der Waals surface area contributed by atoms with Crippen molar-refractivity contribution in [2.75, 3.05) is 7.05 Å². The van der Waals surface area contributed by atoms with E-state index < -0.39 is 5.97 Å². The SMILES string of the molecule is CNC(/C=C/C(=O)O)c1cccc2ccccc12. The third-order valence-corrected chi connectivity index (χ3v) is 2.90. The van der Waals surface area contributed by atoms with Gasteiger partial charge in [0.15, 0.2) is 0 Å². The van der Waals surface area contributed by atoms with Crippen LogP contribution < -0.4 is 5.32 Å². The van der Waals surface area contributed by atoms with Gasteiger partial charge in [-0.3, -0.25) is 0 Å². The summed E-state index contributed by atoms with van der Waals surface area (Å²) in [5.41, 5.74) is 1.08. The molecule has 3 nitrogen and oxygen atoms in total. The second-order valence-electron chi connectivity index (χ2n) is 4.03. The molecule has 2 aromatic carbocycles. The van der Waals surface area contributed by atoms with Crippen LogP contribution >= 0.6 is 0 Å². The van der Waals surface area contributed by atoms with Gasteiger partial charge in [-0.2, -0.15) is 0 Å². The number of rotatable bonds is 4. The molecule has 0 heterocycles. The lowest BCUT2D eigenvalue weighted by molar-refractivity contribution is -0.131. The molecular weight excluding hydrogens is 226 g/mol. The molecule has 0 saturated heterocycles. The zero-order valence-corrected chi connectivity index (χ0v) is 10.1. The molecule has 0 aliphatic carbocycles. The molecule has 0 spiro atoms. The third-order valence-electron chi connectivity index (χ3n) is 2.90. The van der Waals surface area contributed by atoms with E-state index >= 15 is 0 Å². The summed E-state index contributed by atoms with van der Waals surface area (Å²) < 4.78 is 0. The van der Waals surface area contributed by atoms with Crippen molar-refractivity contribution in [3.05, 3.63) is 60.2 Å². The molecule has 0 aromatic heterocycles. The van der Waals surface area contributed by atoms with Crippen LogP contribution in [0.15, 0.2) is 54.6 Å². The van der Waals surface area contributed by atoms with Crippen molar-refractivity contribution in [3.8, 4) is 0 Å². The van der Waals surface area contributed by atoms with Crippen molar-refractivity contribution in [1.82, 2.24) is 5.32 Å². The molecular formula is C15H15NO2. The van der Waals surface area contributed by atoms with Crippen molar-refractivity contribution < 1.29 is 9.90 Å². The van der Waals surface area contributed by atoms with Crippen LogP contribution in [0, 0.1) is 0 Å². The summed E-state index contributed by atoms with van der Waals surface area (Å²) in [5.74, 6) is -0.935. The van der Waals surface area contributed by atoms with E-state index in [0.29, 0.717) is 0 Å². The number of aliphatic carboxylic acids is 1. The molecule has 0 bridgehead atoms. The summed E-state index contributed by atoms with van der Waals surface area (Å²) in [6.07, 6.45) is 2.83. The van der Waals surface area contributed by atoms with Crippen LogP contribution in [0.1, 0.15) is 11.6 Å². The van der Waals surface area contributed by atoms with Crippen LogP contribution in [-0.2, 0) is 4.79 Å². The van der Waals surface area contributed by atoms with Crippen LogP contribution in [0.4, 0.5) is 0 Å². The van der Waals surface area contributed by atoms with E-state index in [1.165, 1.54) is 6.08 Å². The van der Waals surface area contributed by atoms with Crippen molar-refractivity contribution in [1.29, 1.82) is 0 Å². The average molecular weight is 241 g/mol. The van der Waals surface area contributed by atoms with Crippen LogP contribution in [0.2, 0.25) is 0 Å². The highest BCUT2D eigenvalue weighted by Gasteiger charge is 2.09. The standard InChI is InChI=1S/C15H15NO2/c1-16-14(9-10-15(17)18)13-8-4-6-11-5-2-3-7-12(11)13/h2-10,14,16H,1H3,(H,17,18)/b10-9+. The summed E-state index contributed by atoms with van der Waals surface area (Å²) in [5, 5.41) is 14.1. The molecule has 0 aliphatic heterocycles. The van der Waals surface area contributed by atoms with Gasteiger partial charge in [0.05, 0.1) is 6.04 Å². The molecule has 0 saturated carbocycles. The van der Waals surface area contributed by atoms with Crippen molar-refractivity contribution in [2.45, 2.75) is 6.04 Å². The van der Waals surface area contributed by atoms with Gasteiger partial charge in [-0.1, -0.05) is 48.5 Å². The van der Waals surface area contributed by atoms with E-state index in [1.54, 1.807) is 6.08 Å². The average Bonchev–Trinajstić information content (AvgIpc) is 2.39. The van der Waals surface area contributed by atoms with Gasteiger partial charge >= 0.3 is 5.97 Å². The number of nitrogens with one attached hydrogen (secondary N) is 1. The zero-order valence-electron chi connectivity index (χ0n) is 10.1. The number of carboxylic acids is 1. The lowest BCUT2D eigenvalue weighted by atomic mass is 9.98. The summed E-state index contributed by atoms with van der Waals surface area (Å²) >= 11 is 0. The Hall–Kier alpha value is -2.13. The summed E-state index contributed by atoms with van der Waals surface area (Å²) in [4.78, 5) is 10.6. The fraction of sp³-hybridized carbons (Fsp3) is 0.133. The van der Waals surface area contributed by atoms with E-state index in [2.05, 4.69) is 5.32 Å². The molecule has 0 radical (unpaired) electrons. The number of likely N-dealkylation sites (N-methyl/N-ethyl adjacent to an activating group) is 1. The lowest BCUT2D eigenvalue weighted by Gasteiger charge is -2.14. The lowest BCUT2D eigenvalue weighted by Crippen LogP contribution is -2.14. The normalized spacial score (nSPS) is 12.9. The minimum atomic E-state index is -0.935. The van der Waals surface area contributed by atoms with Crippen LogP contribution in [-0.4, -0.2) is 18.1 Å². The van der Waals surface area contributed by atoms with Gasteiger partial charge in [0, 0.05) is 6.08 Å². The van der Waals surface area contributed by atoms with Gasteiger partial charge in [0.2, 0.25) is 0 Å². The molecule has 92 valence electrons. The van der Waals surface area contributed by atoms with E-state index in [4.69, 9.17) is 5.11 Å². The number of benzene rings is 2. The Labute approximate surface area is 106 Å². The number of fused-ring (bicyclic) bond motifs is 1. The first kappa shape index (κ1) is 12.3. The molecule has 2 rings (SSSR count). The van der Waals surface area contributed by atoms with Crippen LogP contribution in [0.3, 0.4) is 0 Å². The summed E-state index contributed by atoms with van der Waals surface area (Å²) in [6, 6.07) is 14.0. The maximum atomic E-state index is 10.6. The topological polar surface area (TPSA) is 49.3 Å². The summed E-state index contributed by atoms with van der Waals surface area (Å²) in [6.45, 7) is 0. The molecule has 3 heteroatoms. The number of carboxylic acid groups (broad SMARTS) is 1. The molecule has 0 amide bonds. The Balaban J connectivity index is 2.48. The minimum absolute atomic E-state index is 0.104. The van der Waals surface area contributed by atoms with E-state index in [0.717, 1.165) is 16.3 Å². The minimum Gasteiger partial charge on any atom is -0.478 e. The molecule has 2 aromatic rings. The second-order valence-corrected chi connectivity index (χ2v) is 4.03. The Kier molecular flexibility index (Phi) is 3.75. The van der Waals surface area contributed by atoms with E-state index in [1.807, 2.05) is 49.5 Å². The van der Waals surface area contributed by atoms with Gasteiger partial charge in [-0.05, 0) is 23.4 Å². The largest absolute Gasteiger partial charge is 0.478 e. The molecule has 18 heavy (non-hydrogen) atoms. The third kappa shape index (κ3) is 2.57. The fourth-order valence-electron chi connectivity index (χ4n) is 2.06. The van der Waals surface area contributed by atoms with Crippen molar-refractivity contribution in [2.24, 2.45) is 0 Å². The van der Waals surface area contributed by atoms with Gasteiger partial charge in [-0.25, -0.2) is 4.79 Å². The predicted octanol–water partition coefficient (Wildman–Crippen LogP) is 2.74. The van der Waals surface area contributed by atoms with Crippen molar-refractivity contribution >= 4 is 16.7 Å². The molecule has 0 aliphatic rings. The highest BCUT2D eigenvalue weighted by atomic mass is 16.4. The molecule has 2 N–H and O–H groups in total. The number of hydrogen-bond acceptors (Lipinski definition) is 2. The first-order valence-corrected chi connectivity index (χ1v) is 5.78. The maximum Gasteiger partial charge on any atom is 0.328 e. The first-order chi connectivity index (χ1) is 8.72. The zero-order chi connectivity index (χ0) is 13.0. The fourth-order valence-corrected chi connectivity index (χ4v) is 2.06. The second kappa shape index (κ2) is 5.47. The Morgan fingerprint density at radius 2 is 1.94 bits per heavy atom. The predicted molar refractivity (Wildman–Crippen MR) is 72.5 cm³/mol. The van der Waals surface area contributed by atoms with Gasteiger partial charge in [-0.15, -0.1) is 0 Å². The highest BCUT2D eigenvalue weighted by Crippen LogP contribution is 2.24. The Morgan fingerprint density at radius 1 is 1.22 bits per heavy atom. The first-order valence-electron chi connectivity index (χ1n) is 5.78. The van der Waals surface area contributed by atoms with Crippen LogP contribution in [0.5, 0.6) is 0 Å². The van der Waals surface area contributed by atoms with Crippen LogP contribution in [0.25, 0.3) is 10.8 Å². The van der Waals surface area contributed by atoms with E-state index in [-0.39, 0.29) is 6.04 Å². The Morgan fingerprint density at radius 3 is 2.67 bits per heavy atom. The number of hydrogen-bond donors (Lipinski definition) is 2. The van der Waals surface area contributed by atoms with E-state index in [9.17, 15) is 4.79 Å². The molecule has 1 unspecified atom stereocenters. The molecule has 0 fully saturated rings. The summed E-state index contributed by atoms with van der Waals surface area (Å²) in [7, 11) is 1.82. The molecule has 1 atom stereocenters. The smallest absolute Gasteiger partial charge is 0.328 e. The monoisotopic (exact) mass is 241 g/mol. The van der Waals surface area contributed by atoms with Gasteiger partial charge in [0.25, 0.3) is 0 Å². The highest BCUT2D eigenvalue weighted by molar-refractivity contribution is 5.86. The van der Waals surface area contributed by atoms with Gasteiger partial charge < -0.3 is 10.4 Å². The quantitative estimate of drug-likeness (QED) is 0.809.